The summed E-state index contributed by atoms with van der Waals surface area (Å²) in [6.07, 6.45) is 2.37. The number of nitrogens with zero attached hydrogens (tertiary/aromatic N) is 2. The molecule has 23 heavy (non-hydrogen) atoms. The molecule has 0 saturated carbocycles. The lowest BCUT2D eigenvalue weighted by Gasteiger charge is -2.09. The topological polar surface area (TPSA) is 54.9 Å². The van der Waals surface area contributed by atoms with Crippen LogP contribution < -0.4 is 5.32 Å². The highest BCUT2D eigenvalue weighted by Crippen LogP contribution is 2.18. The first-order valence-corrected chi connectivity index (χ1v) is 8.92. The summed E-state index contributed by atoms with van der Waals surface area (Å²) < 4.78 is 0. The number of benzene rings is 1. The minimum atomic E-state index is -0.246. The van der Waals surface area contributed by atoms with Gasteiger partial charge in [-0.25, -0.2) is 9.97 Å². The summed E-state index contributed by atoms with van der Waals surface area (Å²) >= 11 is 7.80. The number of carbonyl (C=O) groups is 1. The zero-order chi connectivity index (χ0) is 16.7. The van der Waals surface area contributed by atoms with Crippen molar-refractivity contribution in [2.75, 3.05) is 12.3 Å². The highest BCUT2D eigenvalue weighted by Gasteiger charge is 2.14. The first kappa shape index (κ1) is 17.8. The average Bonchev–Trinajstić information content (AvgIpc) is 2.55. The van der Waals surface area contributed by atoms with Gasteiger partial charge >= 0.3 is 0 Å². The smallest absolute Gasteiger partial charge is 0.271 e. The van der Waals surface area contributed by atoms with Gasteiger partial charge in [0, 0.05) is 17.4 Å². The molecule has 0 saturated heterocycles. The van der Waals surface area contributed by atoms with Gasteiger partial charge in [-0.15, -0.1) is 11.8 Å². The summed E-state index contributed by atoms with van der Waals surface area (Å²) in [6.45, 7) is 4.55. The van der Waals surface area contributed by atoms with Crippen LogP contribution in [0.5, 0.6) is 0 Å². The fraction of sp³-hybridized carbons (Fsp3) is 0.353. The van der Waals surface area contributed by atoms with Gasteiger partial charge in [0.2, 0.25) is 0 Å². The molecule has 2 rings (SSSR count). The number of aromatic nitrogens is 2. The molecule has 4 nitrogen and oxygen atoms in total. The van der Waals surface area contributed by atoms with E-state index < -0.39 is 0 Å². The minimum Gasteiger partial charge on any atom is -0.351 e. The molecule has 6 heteroatoms. The second-order valence-electron chi connectivity index (χ2n) is 5.35. The summed E-state index contributed by atoms with van der Waals surface area (Å²) in [5.74, 6) is 1.48. The van der Waals surface area contributed by atoms with Gasteiger partial charge in [0.1, 0.15) is 11.5 Å². The number of halogens is 1. The van der Waals surface area contributed by atoms with Gasteiger partial charge in [0.15, 0.2) is 0 Å². The van der Waals surface area contributed by atoms with Crippen molar-refractivity contribution in [3.63, 3.8) is 0 Å². The number of rotatable bonds is 7. The standard InChI is InChI=1S/C17H20ClN3OS/c1-12(2)16-20-11-14(18)15(21-16)17(22)19-9-6-10-23-13-7-4-3-5-8-13/h3-5,7-8,11-12H,6,9-10H2,1-2H3,(H,19,22). The van der Waals surface area contributed by atoms with E-state index in [-0.39, 0.29) is 22.5 Å². The van der Waals surface area contributed by atoms with E-state index in [9.17, 15) is 4.79 Å². The maximum absolute atomic E-state index is 12.2. The Labute approximate surface area is 146 Å². The molecule has 0 aliphatic heterocycles. The lowest BCUT2D eigenvalue weighted by atomic mass is 10.2. The lowest BCUT2D eigenvalue weighted by Crippen LogP contribution is -2.26. The van der Waals surface area contributed by atoms with Gasteiger partial charge in [0.25, 0.3) is 5.91 Å². The zero-order valence-corrected chi connectivity index (χ0v) is 14.8. The Balaban J connectivity index is 1.80. The third-order valence-corrected chi connectivity index (χ3v) is 4.49. The summed E-state index contributed by atoms with van der Waals surface area (Å²) in [5.41, 5.74) is 0.251. The van der Waals surface area contributed by atoms with Crippen LogP contribution in [0.3, 0.4) is 0 Å². The van der Waals surface area contributed by atoms with Crippen LogP contribution in [0.25, 0.3) is 0 Å². The van der Waals surface area contributed by atoms with Crippen LogP contribution in [0.1, 0.15) is 42.5 Å². The summed E-state index contributed by atoms with van der Waals surface area (Å²) in [7, 11) is 0. The molecule has 1 aromatic heterocycles. The van der Waals surface area contributed by atoms with E-state index in [0.717, 1.165) is 12.2 Å². The molecule has 122 valence electrons. The highest BCUT2D eigenvalue weighted by molar-refractivity contribution is 7.99. The third-order valence-electron chi connectivity index (χ3n) is 3.11. The number of amides is 1. The van der Waals surface area contributed by atoms with Crippen LogP contribution in [0.15, 0.2) is 41.4 Å². The maximum Gasteiger partial charge on any atom is 0.271 e. The van der Waals surface area contributed by atoms with E-state index >= 15 is 0 Å². The van der Waals surface area contributed by atoms with Crippen LogP contribution in [0.2, 0.25) is 5.02 Å². The van der Waals surface area contributed by atoms with Crippen molar-refractivity contribution in [1.82, 2.24) is 15.3 Å². The largest absolute Gasteiger partial charge is 0.351 e. The molecule has 1 heterocycles. The van der Waals surface area contributed by atoms with Crippen LogP contribution in [-0.4, -0.2) is 28.2 Å². The SMILES string of the molecule is CC(C)c1ncc(Cl)c(C(=O)NCCCSc2ccccc2)n1. The van der Waals surface area contributed by atoms with Crippen LogP contribution in [-0.2, 0) is 0 Å². The Hall–Kier alpha value is -1.59. The first-order chi connectivity index (χ1) is 11.1. The van der Waals surface area contributed by atoms with E-state index in [1.165, 1.54) is 11.1 Å². The molecule has 1 amide bonds. The lowest BCUT2D eigenvalue weighted by molar-refractivity contribution is 0.0948. The highest BCUT2D eigenvalue weighted by atomic mass is 35.5. The molecular formula is C17H20ClN3OS. The van der Waals surface area contributed by atoms with Gasteiger partial charge in [-0.2, -0.15) is 0 Å². The van der Waals surface area contributed by atoms with Crippen molar-refractivity contribution < 1.29 is 4.79 Å². The number of carbonyl (C=O) groups excluding carboxylic acids is 1. The molecule has 0 radical (unpaired) electrons. The zero-order valence-electron chi connectivity index (χ0n) is 13.3. The fourth-order valence-electron chi connectivity index (χ4n) is 1.88. The molecule has 0 fully saturated rings. The Kier molecular flexibility index (Phi) is 6.86. The monoisotopic (exact) mass is 349 g/mol. The van der Waals surface area contributed by atoms with Crippen molar-refractivity contribution in [3.05, 3.63) is 53.1 Å². The normalized spacial score (nSPS) is 10.8. The predicted molar refractivity (Wildman–Crippen MR) is 95.2 cm³/mol. The molecule has 2 aromatic rings. The van der Waals surface area contributed by atoms with Crippen LogP contribution in [0.4, 0.5) is 0 Å². The summed E-state index contributed by atoms with van der Waals surface area (Å²) in [4.78, 5) is 21.8. The van der Waals surface area contributed by atoms with Crippen LogP contribution in [0, 0.1) is 0 Å². The number of nitrogens with one attached hydrogen (secondary N) is 1. The maximum atomic E-state index is 12.2. The van der Waals surface area contributed by atoms with E-state index in [0.29, 0.717) is 12.4 Å². The fourth-order valence-corrected chi connectivity index (χ4v) is 2.93. The van der Waals surface area contributed by atoms with E-state index in [1.807, 2.05) is 32.0 Å². The van der Waals surface area contributed by atoms with Gasteiger partial charge in [-0.1, -0.05) is 43.6 Å². The van der Waals surface area contributed by atoms with Gasteiger partial charge < -0.3 is 5.32 Å². The molecule has 0 unspecified atom stereocenters. The predicted octanol–water partition coefficient (Wildman–Crippen LogP) is 4.17. The molecular weight excluding hydrogens is 330 g/mol. The number of hydrogen-bond donors (Lipinski definition) is 1. The second kappa shape index (κ2) is 8.89. The molecule has 0 aliphatic carbocycles. The quantitative estimate of drug-likeness (QED) is 0.602. The Morgan fingerprint density at radius 2 is 2.04 bits per heavy atom. The molecule has 0 bridgehead atoms. The summed E-state index contributed by atoms with van der Waals surface area (Å²) in [5, 5.41) is 3.15. The van der Waals surface area contributed by atoms with E-state index in [1.54, 1.807) is 11.8 Å². The van der Waals surface area contributed by atoms with Crippen molar-refractivity contribution in [3.8, 4) is 0 Å². The van der Waals surface area contributed by atoms with Crippen molar-refractivity contribution in [1.29, 1.82) is 0 Å². The molecule has 0 aliphatic rings. The second-order valence-corrected chi connectivity index (χ2v) is 6.93. The third kappa shape index (κ3) is 5.52. The van der Waals surface area contributed by atoms with Crippen molar-refractivity contribution in [2.45, 2.75) is 31.1 Å². The molecule has 0 spiro atoms. The van der Waals surface area contributed by atoms with E-state index in [4.69, 9.17) is 11.6 Å². The van der Waals surface area contributed by atoms with E-state index in [2.05, 4.69) is 27.4 Å². The van der Waals surface area contributed by atoms with Crippen LogP contribution >= 0.6 is 23.4 Å². The Morgan fingerprint density at radius 3 is 2.74 bits per heavy atom. The Bertz CT molecular complexity index is 650. The summed E-state index contributed by atoms with van der Waals surface area (Å²) in [6, 6.07) is 10.2. The van der Waals surface area contributed by atoms with Gasteiger partial charge in [-0.05, 0) is 24.3 Å². The average molecular weight is 350 g/mol. The molecule has 1 aromatic carbocycles. The number of hydrogen-bond acceptors (Lipinski definition) is 4. The van der Waals surface area contributed by atoms with Gasteiger partial charge in [-0.3, -0.25) is 4.79 Å². The Morgan fingerprint density at radius 1 is 1.30 bits per heavy atom. The number of thioether (sulfide) groups is 1. The molecule has 0 atom stereocenters. The van der Waals surface area contributed by atoms with Crippen molar-refractivity contribution in [2.24, 2.45) is 0 Å². The molecule has 1 N–H and O–H groups in total. The first-order valence-electron chi connectivity index (χ1n) is 7.56. The van der Waals surface area contributed by atoms with Gasteiger partial charge in [0.05, 0.1) is 11.2 Å². The van der Waals surface area contributed by atoms with Crippen molar-refractivity contribution >= 4 is 29.3 Å². The minimum absolute atomic E-state index is 0.154.